The molecule has 1 aromatic carbocycles. The molecule has 1 aliphatic rings. The van der Waals surface area contributed by atoms with E-state index in [1.54, 1.807) is 0 Å². The van der Waals surface area contributed by atoms with Crippen molar-refractivity contribution in [2.75, 3.05) is 24.7 Å². The average Bonchev–Trinajstić information content (AvgIpc) is 2.46. The lowest BCUT2D eigenvalue weighted by atomic mass is 10.0. The first-order chi connectivity index (χ1) is 9.17. The van der Waals surface area contributed by atoms with Gasteiger partial charge >= 0.3 is 0 Å². The van der Waals surface area contributed by atoms with E-state index < -0.39 is 0 Å². The highest BCUT2D eigenvalue weighted by Gasteiger charge is 2.22. The number of anilines is 1. The van der Waals surface area contributed by atoms with Crippen molar-refractivity contribution in [2.24, 2.45) is 10.9 Å². The molecule has 1 atom stereocenters. The predicted octanol–water partition coefficient (Wildman–Crippen LogP) is 1.70. The van der Waals surface area contributed by atoms with Crippen molar-refractivity contribution >= 4 is 11.5 Å². The topological polar surface area (TPSA) is 71.1 Å². The summed E-state index contributed by atoms with van der Waals surface area (Å²) in [6.45, 7) is 6.58. The molecule has 1 aromatic rings. The van der Waals surface area contributed by atoms with Crippen LogP contribution in [0.25, 0.3) is 0 Å². The summed E-state index contributed by atoms with van der Waals surface area (Å²) in [5.74, 6) is 0.151. The SMILES string of the molecule is CCC1COCCN1c1ccc(/C(N)=N/O)c(C)c1. The van der Waals surface area contributed by atoms with Crippen molar-refractivity contribution in [1.29, 1.82) is 0 Å². The third kappa shape index (κ3) is 2.81. The minimum absolute atomic E-state index is 0.151. The van der Waals surface area contributed by atoms with Crippen molar-refractivity contribution in [2.45, 2.75) is 26.3 Å². The number of nitrogens with two attached hydrogens (primary N) is 1. The molecular weight excluding hydrogens is 242 g/mol. The Kier molecular flexibility index (Phi) is 4.27. The molecule has 0 radical (unpaired) electrons. The van der Waals surface area contributed by atoms with E-state index in [9.17, 15) is 0 Å². The maximum Gasteiger partial charge on any atom is 0.170 e. The molecule has 19 heavy (non-hydrogen) atoms. The Morgan fingerprint density at radius 3 is 3.00 bits per heavy atom. The van der Waals surface area contributed by atoms with Gasteiger partial charge in [0.1, 0.15) is 0 Å². The van der Waals surface area contributed by atoms with Crippen LogP contribution in [0, 0.1) is 6.92 Å². The van der Waals surface area contributed by atoms with E-state index in [1.807, 2.05) is 19.1 Å². The number of hydrogen-bond acceptors (Lipinski definition) is 4. The number of ether oxygens (including phenoxy) is 1. The van der Waals surface area contributed by atoms with Gasteiger partial charge in [-0.2, -0.15) is 0 Å². The minimum Gasteiger partial charge on any atom is -0.409 e. The molecule has 1 aliphatic heterocycles. The zero-order valence-electron chi connectivity index (χ0n) is 11.5. The Morgan fingerprint density at radius 1 is 1.58 bits per heavy atom. The van der Waals surface area contributed by atoms with E-state index in [0.717, 1.165) is 37.3 Å². The fraction of sp³-hybridized carbons (Fsp3) is 0.500. The molecular formula is C14H21N3O2. The first kappa shape index (κ1) is 13.7. The number of oxime groups is 1. The third-order valence-corrected chi connectivity index (χ3v) is 3.62. The standard InChI is InChI=1S/C14H21N3O2/c1-3-11-9-19-7-6-17(11)12-4-5-13(10(2)8-12)14(15)16-18/h4-5,8,11,18H,3,6-7,9H2,1-2H3,(H2,15,16). The van der Waals surface area contributed by atoms with Crippen LogP contribution in [0.3, 0.4) is 0 Å². The van der Waals surface area contributed by atoms with Gasteiger partial charge in [0.2, 0.25) is 0 Å². The maximum absolute atomic E-state index is 8.75. The summed E-state index contributed by atoms with van der Waals surface area (Å²) >= 11 is 0. The lowest BCUT2D eigenvalue weighted by Gasteiger charge is -2.37. The van der Waals surface area contributed by atoms with Crippen LogP contribution in [0.5, 0.6) is 0 Å². The highest BCUT2D eigenvalue weighted by atomic mass is 16.5. The lowest BCUT2D eigenvalue weighted by molar-refractivity contribution is 0.0930. The molecule has 5 nitrogen and oxygen atoms in total. The van der Waals surface area contributed by atoms with E-state index in [0.29, 0.717) is 6.04 Å². The number of rotatable bonds is 3. The van der Waals surface area contributed by atoms with Crippen molar-refractivity contribution in [3.63, 3.8) is 0 Å². The normalized spacial score (nSPS) is 20.6. The van der Waals surface area contributed by atoms with Crippen LogP contribution in [0.15, 0.2) is 23.4 Å². The molecule has 0 aliphatic carbocycles. The van der Waals surface area contributed by atoms with Crippen LogP contribution in [0.1, 0.15) is 24.5 Å². The second-order valence-corrected chi connectivity index (χ2v) is 4.81. The number of hydrogen-bond donors (Lipinski definition) is 2. The predicted molar refractivity (Wildman–Crippen MR) is 75.9 cm³/mol. The molecule has 0 aromatic heterocycles. The first-order valence-corrected chi connectivity index (χ1v) is 6.60. The summed E-state index contributed by atoms with van der Waals surface area (Å²) < 4.78 is 5.52. The second kappa shape index (κ2) is 5.93. The largest absolute Gasteiger partial charge is 0.409 e. The summed E-state index contributed by atoms with van der Waals surface area (Å²) in [6.07, 6.45) is 1.06. The summed E-state index contributed by atoms with van der Waals surface area (Å²) in [4.78, 5) is 2.37. The van der Waals surface area contributed by atoms with Crippen LogP contribution in [0.2, 0.25) is 0 Å². The summed E-state index contributed by atoms with van der Waals surface area (Å²) in [5, 5.41) is 11.8. The average molecular weight is 263 g/mol. The molecule has 1 heterocycles. The molecule has 0 amide bonds. The zero-order chi connectivity index (χ0) is 13.8. The second-order valence-electron chi connectivity index (χ2n) is 4.81. The van der Waals surface area contributed by atoms with E-state index >= 15 is 0 Å². The molecule has 0 spiro atoms. The Balaban J connectivity index is 2.28. The van der Waals surface area contributed by atoms with Gasteiger partial charge in [0.15, 0.2) is 5.84 Å². The fourth-order valence-corrected chi connectivity index (χ4v) is 2.50. The molecule has 5 heteroatoms. The van der Waals surface area contributed by atoms with Gasteiger partial charge in [-0.25, -0.2) is 0 Å². The Labute approximate surface area is 113 Å². The van der Waals surface area contributed by atoms with Crippen LogP contribution < -0.4 is 10.6 Å². The fourth-order valence-electron chi connectivity index (χ4n) is 2.50. The Bertz CT molecular complexity index is 474. The van der Waals surface area contributed by atoms with Crippen molar-refractivity contribution in [3.8, 4) is 0 Å². The first-order valence-electron chi connectivity index (χ1n) is 6.60. The van der Waals surface area contributed by atoms with E-state index in [4.69, 9.17) is 15.7 Å². The smallest absolute Gasteiger partial charge is 0.170 e. The van der Waals surface area contributed by atoms with Crippen LogP contribution in [-0.4, -0.2) is 36.8 Å². The highest BCUT2D eigenvalue weighted by Crippen LogP contribution is 2.24. The van der Waals surface area contributed by atoms with Gasteiger partial charge < -0.3 is 20.6 Å². The molecule has 3 N–H and O–H groups in total. The lowest BCUT2D eigenvalue weighted by Crippen LogP contribution is -2.45. The minimum atomic E-state index is 0.151. The molecule has 1 fully saturated rings. The molecule has 1 unspecified atom stereocenters. The molecule has 2 rings (SSSR count). The van der Waals surface area contributed by atoms with Gasteiger partial charge in [-0.05, 0) is 37.1 Å². The van der Waals surface area contributed by atoms with Crippen LogP contribution >= 0.6 is 0 Å². The Hall–Kier alpha value is -1.75. The summed E-state index contributed by atoms with van der Waals surface area (Å²) in [7, 11) is 0. The number of nitrogens with zero attached hydrogens (tertiary/aromatic N) is 2. The highest BCUT2D eigenvalue weighted by molar-refractivity contribution is 5.98. The van der Waals surface area contributed by atoms with Gasteiger partial charge in [0, 0.05) is 17.8 Å². The number of morpholine rings is 1. The number of aryl methyl sites for hydroxylation is 1. The monoisotopic (exact) mass is 263 g/mol. The van der Waals surface area contributed by atoms with E-state index in [2.05, 4.69) is 23.0 Å². The molecule has 104 valence electrons. The van der Waals surface area contributed by atoms with E-state index in [1.165, 1.54) is 5.69 Å². The van der Waals surface area contributed by atoms with Gasteiger partial charge in [-0.3, -0.25) is 0 Å². The Morgan fingerprint density at radius 2 is 2.37 bits per heavy atom. The zero-order valence-corrected chi connectivity index (χ0v) is 11.5. The maximum atomic E-state index is 8.75. The van der Waals surface area contributed by atoms with Gasteiger partial charge in [-0.1, -0.05) is 12.1 Å². The van der Waals surface area contributed by atoms with E-state index in [-0.39, 0.29) is 5.84 Å². The third-order valence-electron chi connectivity index (χ3n) is 3.62. The van der Waals surface area contributed by atoms with Gasteiger partial charge in [-0.15, -0.1) is 0 Å². The molecule has 1 saturated heterocycles. The quantitative estimate of drug-likeness (QED) is 0.377. The van der Waals surface area contributed by atoms with Crippen LogP contribution in [-0.2, 0) is 4.74 Å². The number of benzene rings is 1. The molecule has 0 saturated carbocycles. The molecule has 0 bridgehead atoms. The van der Waals surface area contributed by atoms with Crippen molar-refractivity contribution < 1.29 is 9.94 Å². The van der Waals surface area contributed by atoms with Crippen molar-refractivity contribution in [3.05, 3.63) is 29.3 Å². The van der Waals surface area contributed by atoms with Crippen LogP contribution in [0.4, 0.5) is 5.69 Å². The van der Waals surface area contributed by atoms with Gasteiger partial charge in [0.05, 0.1) is 19.3 Å². The summed E-state index contributed by atoms with van der Waals surface area (Å²) in [6, 6.07) is 6.43. The van der Waals surface area contributed by atoms with Crippen molar-refractivity contribution in [1.82, 2.24) is 0 Å². The summed E-state index contributed by atoms with van der Waals surface area (Å²) in [5.41, 5.74) is 8.59. The number of amidine groups is 1. The van der Waals surface area contributed by atoms with Gasteiger partial charge in [0.25, 0.3) is 0 Å².